The molecule has 6 nitrogen and oxygen atoms in total. The van der Waals surface area contributed by atoms with Gasteiger partial charge in [-0.15, -0.1) is 0 Å². The Morgan fingerprint density at radius 1 is 0.931 bits per heavy atom. The molecule has 29 heavy (non-hydrogen) atoms. The van der Waals surface area contributed by atoms with Crippen molar-refractivity contribution in [2.75, 3.05) is 42.2 Å². The molecule has 1 aliphatic heterocycles. The summed E-state index contributed by atoms with van der Waals surface area (Å²) in [5, 5.41) is 1.92. The third kappa shape index (κ3) is 3.63. The molecule has 5 rings (SSSR count). The van der Waals surface area contributed by atoms with E-state index in [0.29, 0.717) is 10.4 Å². The molecular formula is C19H17BrN4O2S3. The number of sulfone groups is 1. The maximum absolute atomic E-state index is 12.1. The molecule has 1 aliphatic rings. The first kappa shape index (κ1) is 19.2. The molecule has 0 unspecified atom stereocenters. The van der Waals surface area contributed by atoms with Crippen molar-refractivity contribution in [3.05, 3.63) is 40.9 Å². The Morgan fingerprint density at radius 2 is 1.59 bits per heavy atom. The molecule has 4 aromatic rings. The lowest BCUT2D eigenvalue weighted by Gasteiger charge is -2.34. The number of rotatable bonds is 3. The van der Waals surface area contributed by atoms with Gasteiger partial charge in [0.25, 0.3) is 0 Å². The van der Waals surface area contributed by atoms with E-state index in [9.17, 15) is 8.42 Å². The van der Waals surface area contributed by atoms with Crippen molar-refractivity contribution in [2.45, 2.75) is 4.90 Å². The molecule has 2 aromatic heterocycles. The number of fused-ring (bicyclic) bond motifs is 2. The normalized spacial score (nSPS) is 15.5. The number of halogens is 1. The summed E-state index contributed by atoms with van der Waals surface area (Å²) < 4.78 is 27.3. The molecule has 10 heteroatoms. The van der Waals surface area contributed by atoms with Crippen molar-refractivity contribution in [3.8, 4) is 0 Å². The van der Waals surface area contributed by atoms with Crippen molar-refractivity contribution in [1.82, 2.24) is 9.97 Å². The Balaban J connectivity index is 1.37. The van der Waals surface area contributed by atoms with Gasteiger partial charge in [0.1, 0.15) is 5.52 Å². The minimum atomic E-state index is -3.30. The molecule has 0 saturated carbocycles. The van der Waals surface area contributed by atoms with Crippen molar-refractivity contribution < 1.29 is 8.42 Å². The van der Waals surface area contributed by atoms with Crippen LogP contribution in [0, 0.1) is 0 Å². The fourth-order valence-electron chi connectivity index (χ4n) is 3.46. The lowest BCUT2D eigenvalue weighted by atomic mass is 10.3. The van der Waals surface area contributed by atoms with Crippen molar-refractivity contribution >= 4 is 79.1 Å². The summed E-state index contributed by atoms with van der Waals surface area (Å²) in [6.45, 7) is 3.37. The highest BCUT2D eigenvalue weighted by Gasteiger charge is 2.23. The van der Waals surface area contributed by atoms with Crippen LogP contribution in [0.3, 0.4) is 0 Å². The van der Waals surface area contributed by atoms with E-state index in [4.69, 9.17) is 4.98 Å². The molecule has 0 radical (unpaired) electrons. The summed E-state index contributed by atoms with van der Waals surface area (Å²) in [6, 6.07) is 11.5. The van der Waals surface area contributed by atoms with Crippen molar-refractivity contribution in [3.63, 3.8) is 0 Å². The Bertz CT molecular complexity index is 1320. The van der Waals surface area contributed by atoms with Crippen LogP contribution in [0.15, 0.2) is 45.8 Å². The zero-order chi connectivity index (χ0) is 20.2. The van der Waals surface area contributed by atoms with E-state index in [1.807, 2.05) is 18.2 Å². The maximum Gasteiger partial charge on any atom is 0.186 e. The average molecular weight is 509 g/mol. The van der Waals surface area contributed by atoms with Gasteiger partial charge in [-0.2, -0.15) is 0 Å². The molecule has 0 aliphatic carbocycles. The van der Waals surface area contributed by atoms with Gasteiger partial charge in [0, 0.05) is 36.9 Å². The highest BCUT2D eigenvalue weighted by molar-refractivity contribution is 9.10. The molecule has 0 atom stereocenters. The van der Waals surface area contributed by atoms with Crippen LogP contribution >= 0.6 is 38.6 Å². The Morgan fingerprint density at radius 3 is 2.28 bits per heavy atom. The van der Waals surface area contributed by atoms with Gasteiger partial charge in [-0.3, -0.25) is 0 Å². The van der Waals surface area contributed by atoms with Crippen LogP contribution in [-0.2, 0) is 9.84 Å². The van der Waals surface area contributed by atoms with Crippen molar-refractivity contribution in [1.29, 1.82) is 0 Å². The topological polar surface area (TPSA) is 66.4 Å². The van der Waals surface area contributed by atoms with Gasteiger partial charge in [0.2, 0.25) is 0 Å². The zero-order valence-corrected chi connectivity index (χ0v) is 19.5. The summed E-state index contributed by atoms with van der Waals surface area (Å²) >= 11 is 6.78. The third-order valence-corrected chi connectivity index (χ3v) is 8.71. The van der Waals surface area contributed by atoms with E-state index < -0.39 is 9.84 Å². The molecule has 2 aromatic carbocycles. The first-order valence-electron chi connectivity index (χ1n) is 9.04. The Hall–Kier alpha value is -1.75. The molecule has 0 amide bonds. The molecule has 3 heterocycles. The summed E-state index contributed by atoms with van der Waals surface area (Å²) in [4.78, 5) is 14.3. The van der Waals surface area contributed by atoms with Gasteiger partial charge in [0.05, 0.1) is 19.8 Å². The second kappa shape index (κ2) is 7.19. The van der Waals surface area contributed by atoms with Crippen LogP contribution in [-0.4, -0.2) is 50.8 Å². The molecular weight excluding hydrogens is 492 g/mol. The van der Waals surface area contributed by atoms with E-state index in [-0.39, 0.29) is 0 Å². The van der Waals surface area contributed by atoms with E-state index in [1.54, 1.807) is 34.8 Å². The molecule has 0 bridgehead atoms. The summed E-state index contributed by atoms with van der Waals surface area (Å²) in [7, 11) is -3.30. The van der Waals surface area contributed by atoms with Crippen LogP contribution in [0.2, 0.25) is 0 Å². The number of hydrogen-bond donors (Lipinski definition) is 0. The van der Waals surface area contributed by atoms with Crippen LogP contribution < -0.4 is 9.80 Å². The monoisotopic (exact) mass is 508 g/mol. The average Bonchev–Trinajstić information content (AvgIpc) is 3.30. The molecule has 1 saturated heterocycles. The third-order valence-electron chi connectivity index (χ3n) is 4.93. The number of para-hydroxylation sites is 1. The van der Waals surface area contributed by atoms with Gasteiger partial charge in [0.15, 0.2) is 20.1 Å². The predicted molar refractivity (Wildman–Crippen MR) is 124 cm³/mol. The minimum absolute atomic E-state index is 0.303. The summed E-state index contributed by atoms with van der Waals surface area (Å²) in [6.07, 6.45) is 1.23. The Kier molecular flexibility index (Phi) is 4.77. The summed E-state index contributed by atoms with van der Waals surface area (Å²) in [5.74, 6) is 0. The van der Waals surface area contributed by atoms with E-state index in [0.717, 1.165) is 51.1 Å². The number of hydrogen-bond acceptors (Lipinski definition) is 8. The van der Waals surface area contributed by atoms with Crippen LogP contribution in [0.4, 0.5) is 10.3 Å². The second-order valence-electron chi connectivity index (χ2n) is 6.95. The van der Waals surface area contributed by atoms with Gasteiger partial charge < -0.3 is 9.80 Å². The van der Waals surface area contributed by atoms with Crippen LogP contribution in [0.25, 0.3) is 20.4 Å². The van der Waals surface area contributed by atoms with Gasteiger partial charge in [-0.05, 0) is 30.3 Å². The fourth-order valence-corrected chi connectivity index (χ4v) is 6.97. The molecule has 0 spiro atoms. The largest absolute Gasteiger partial charge is 0.345 e. The molecule has 150 valence electrons. The standard InChI is InChI=1S/C19H17BrN4O2S3/c1-29(25,26)16-4-2-3-14-17(16)22-19(27-14)24-9-7-23(8-10-24)18-21-13-6-5-12(20)11-15(13)28-18/h2-6,11H,7-10H2,1H3. The van der Waals surface area contributed by atoms with Crippen LogP contribution in [0.1, 0.15) is 0 Å². The number of aromatic nitrogens is 2. The highest BCUT2D eigenvalue weighted by atomic mass is 79.9. The number of thiazole rings is 2. The van der Waals surface area contributed by atoms with Gasteiger partial charge in [-0.1, -0.05) is 44.7 Å². The molecule has 1 fully saturated rings. The van der Waals surface area contributed by atoms with Gasteiger partial charge >= 0.3 is 0 Å². The number of benzene rings is 2. The zero-order valence-electron chi connectivity index (χ0n) is 15.5. The SMILES string of the molecule is CS(=O)(=O)c1cccc2sc(N3CCN(c4nc5ccc(Br)cc5s4)CC3)nc12. The van der Waals surface area contributed by atoms with Gasteiger partial charge in [-0.25, -0.2) is 18.4 Å². The predicted octanol–water partition coefficient (Wildman–Crippen LogP) is 4.40. The maximum atomic E-state index is 12.1. The van der Waals surface area contributed by atoms with Crippen molar-refractivity contribution in [2.24, 2.45) is 0 Å². The smallest absolute Gasteiger partial charge is 0.186 e. The summed E-state index contributed by atoms with van der Waals surface area (Å²) in [5.41, 5.74) is 1.60. The minimum Gasteiger partial charge on any atom is -0.345 e. The highest BCUT2D eigenvalue weighted by Crippen LogP contribution is 2.35. The lowest BCUT2D eigenvalue weighted by molar-refractivity contribution is 0.602. The number of piperazine rings is 1. The van der Waals surface area contributed by atoms with Crippen LogP contribution in [0.5, 0.6) is 0 Å². The number of anilines is 2. The van der Waals surface area contributed by atoms with E-state index in [2.05, 4.69) is 36.8 Å². The number of nitrogens with zero attached hydrogens (tertiary/aromatic N) is 4. The first-order chi connectivity index (χ1) is 13.9. The quantitative estimate of drug-likeness (QED) is 0.408. The second-order valence-corrected chi connectivity index (χ2v) is 11.9. The first-order valence-corrected chi connectivity index (χ1v) is 13.4. The Labute approximate surface area is 184 Å². The van der Waals surface area contributed by atoms with E-state index >= 15 is 0 Å². The lowest BCUT2D eigenvalue weighted by Crippen LogP contribution is -2.46. The molecule has 0 N–H and O–H groups in total. The fraction of sp³-hybridized carbons (Fsp3) is 0.263. The van der Waals surface area contributed by atoms with E-state index in [1.165, 1.54) is 11.0 Å².